The molecule has 1 aliphatic rings. The maximum absolute atomic E-state index is 12.9. The molecule has 14 heteroatoms. The first kappa shape index (κ1) is 62.1. The lowest BCUT2D eigenvalue weighted by Gasteiger charge is -2.36. The van der Waals surface area contributed by atoms with Crippen LogP contribution < -0.4 is 4.89 Å². The van der Waals surface area contributed by atoms with Crippen LogP contribution in [0.3, 0.4) is 0 Å². The third kappa shape index (κ3) is 37.0. The number of nitrogens with zero attached hydrogens (tertiary/aromatic N) is 1. The van der Waals surface area contributed by atoms with E-state index in [0.717, 1.165) is 38.5 Å². The summed E-state index contributed by atoms with van der Waals surface area (Å²) in [7, 11) is 1.00. The van der Waals surface area contributed by atoms with Crippen molar-refractivity contribution in [2.45, 2.75) is 231 Å². The number of allylic oxidation sites excluding steroid dienone is 4. The number of phosphoric ester groups is 1. The van der Waals surface area contributed by atoms with E-state index in [2.05, 4.69) is 26.0 Å². The van der Waals surface area contributed by atoms with Gasteiger partial charge in [0, 0.05) is 25.2 Å². The summed E-state index contributed by atoms with van der Waals surface area (Å²) in [6, 6.07) is 0. The Morgan fingerprint density at radius 2 is 1.24 bits per heavy atom. The molecule has 3 N–H and O–H groups in total. The van der Waals surface area contributed by atoms with Gasteiger partial charge in [-0.2, -0.15) is 0 Å². The van der Waals surface area contributed by atoms with Crippen LogP contribution in [0.2, 0.25) is 0 Å². The monoisotopic (exact) mass is 958 g/mol. The van der Waals surface area contributed by atoms with Gasteiger partial charge in [0.05, 0.1) is 46.1 Å². The maximum atomic E-state index is 12.9. The minimum absolute atomic E-state index is 0.0315. The topological polar surface area (TPSA) is 181 Å². The number of hydrogen-bond donors (Lipinski definition) is 3. The molecule has 0 aromatic rings. The van der Waals surface area contributed by atoms with Crippen LogP contribution in [-0.2, 0) is 37.4 Å². The molecule has 0 aliphatic carbocycles. The Bertz CT molecular complexity index is 1340. The van der Waals surface area contributed by atoms with Crippen LogP contribution in [-0.4, -0.2) is 110 Å². The number of unbranched alkanes of at least 4 members (excludes halogenated alkanes) is 20. The number of ether oxygens (including phenoxy) is 3. The van der Waals surface area contributed by atoms with Gasteiger partial charge >= 0.3 is 11.9 Å². The van der Waals surface area contributed by atoms with Gasteiger partial charge in [-0.1, -0.05) is 159 Å². The molecule has 1 rings (SSSR count). The second-order valence-electron chi connectivity index (χ2n) is 19.4. The van der Waals surface area contributed by atoms with E-state index in [4.69, 9.17) is 23.3 Å². The predicted molar refractivity (Wildman–Crippen MR) is 262 cm³/mol. The van der Waals surface area contributed by atoms with E-state index in [-0.39, 0.29) is 38.4 Å². The van der Waals surface area contributed by atoms with Gasteiger partial charge in [0.1, 0.15) is 19.8 Å². The van der Waals surface area contributed by atoms with E-state index in [0.29, 0.717) is 43.1 Å². The van der Waals surface area contributed by atoms with Gasteiger partial charge in [-0.15, -0.1) is 0 Å². The Morgan fingerprint density at radius 1 is 0.712 bits per heavy atom. The predicted octanol–water partition coefficient (Wildman–Crippen LogP) is 10.7. The van der Waals surface area contributed by atoms with E-state index in [9.17, 15) is 34.4 Å². The van der Waals surface area contributed by atoms with Crippen molar-refractivity contribution in [3.8, 4) is 0 Å². The number of carbonyl (C=O) groups excluding carboxylic acids is 2. The Balaban J connectivity index is 2.42. The lowest BCUT2D eigenvalue weighted by Crippen LogP contribution is -2.43. The van der Waals surface area contributed by atoms with Crippen LogP contribution in [0, 0.1) is 5.92 Å². The summed E-state index contributed by atoms with van der Waals surface area (Å²) in [5.74, 6) is -1.35. The average molecular weight is 958 g/mol. The fourth-order valence-corrected chi connectivity index (χ4v) is 8.48. The lowest BCUT2D eigenvalue weighted by atomic mass is 9.87. The van der Waals surface area contributed by atoms with Crippen molar-refractivity contribution in [3.63, 3.8) is 0 Å². The van der Waals surface area contributed by atoms with E-state index >= 15 is 0 Å². The summed E-state index contributed by atoms with van der Waals surface area (Å²) in [5.41, 5.74) is 0. The van der Waals surface area contributed by atoms with Crippen LogP contribution in [0.25, 0.3) is 0 Å². The molecule has 7 atom stereocenters. The fraction of sp³-hybridized carbons (Fsp3) is 0.846. The fourth-order valence-electron chi connectivity index (χ4n) is 7.75. The van der Waals surface area contributed by atoms with E-state index < -0.39 is 57.1 Å². The van der Waals surface area contributed by atoms with Gasteiger partial charge in [-0.25, -0.2) is 0 Å². The zero-order valence-corrected chi connectivity index (χ0v) is 43.1. The molecule has 2 unspecified atom stereocenters. The van der Waals surface area contributed by atoms with Gasteiger partial charge in [-0.05, 0) is 57.8 Å². The Labute approximate surface area is 401 Å². The third-order valence-electron chi connectivity index (χ3n) is 11.9. The molecule has 1 heterocycles. The van der Waals surface area contributed by atoms with Crippen LogP contribution in [0.5, 0.6) is 0 Å². The van der Waals surface area contributed by atoms with Crippen molar-refractivity contribution in [2.24, 2.45) is 5.92 Å². The highest BCUT2D eigenvalue weighted by molar-refractivity contribution is 7.45. The number of carbonyl (C=O) groups is 2. The number of aliphatic hydroxyl groups excluding tert-OH is 3. The minimum atomic E-state index is -4.71. The highest BCUT2D eigenvalue weighted by Crippen LogP contribution is 2.38. The molecule has 0 saturated carbocycles. The van der Waals surface area contributed by atoms with Crippen molar-refractivity contribution in [2.75, 3.05) is 47.5 Å². The molecular formula is C52H96NO12P. The SMILES string of the molecule is CCCCCCCC/C=C\CCCCCCCCCCCCCC(=O)OC[C@H](COP(=O)([O-])OCC[N+](C)(C)C)OC(=O)CCC/C=C\C[C@H]1[C@@H](O)CC(O)O[C@@H]1/C=C/[C@@H](O)CCCCC. The van der Waals surface area contributed by atoms with Gasteiger partial charge in [0.2, 0.25) is 0 Å². The second kappa shape index (κ2) is 39.9. The second-order valence-corrected chi connectivity index (χ2v) is 20.8. The molecule has 0 bridgehead atoms. The van der Waals surface area contributed by atoms with E-state index in [1.807, 2.05) is 33.3 Å². The van der Waals surface area contributed by atoms with Gasteiger partial charge in [0.25, 0.3) is 7.82 Å². The largest absolute Gasteiger partial charge is 0.756 e. The summed E-state index contributed by atoms with van der Waals surface area (Å²) in [6.07, 6.45) is 36.4. The zero-order chi connectivity index (χ0) is 48.7. The van der Waals surface area contributed by atoms with Gasteiger partial charge in [0.15, 0.2) is 12.4 Å². The van der Waals surface area contributed by atoms with Crippen molar-refractivity contribution in [1.29, 1.82) is 0 Å². The molecule has 386 valence electrons. The van der Waals surface area contributed by atoms with Gasteiger partial charge < -0.3 is 48.0 Å². The quantitative estimate of drug-likeness (QED) is 0.0173. The first-order valence-electron chi connectivity index (χ1n) is 26.1. The number of likely N-dealkylation sites (N-methyl/N-ethyl adjacent to an activating group) is 1. The highest BCUT2D eigenvalue weighted by Gasteiger charge is 2.35. The molecular weight excluding hydrogens is 862 g/mol. The molecule has 1 fully saturated rings. The molecule has 0 aromatic heterocycles. The standard InChI is InChI=1S/C52H96NO12P/c1-6-8-10-11-12-13-14-15-16-17-18-19-20-21-22-23-24-25-26-27-32-36-50(56)61-43-46(44-63-66(59,60)62-41-40-53(3,4)5)64-51(57)37-33-29-28-31-35-47-48(55)42-52(58)65-49(47)39-38-45(54)34-30-9-7-2/h15-16,28,31,38-39,45-49,52,54-55,58H,6-14,17-27,29-30,32-37,40-44H2,1-5H3/b16-15-,31-28-,39-38+/t45-,46+,47-,48-,49+,52?/m0/s1. The molecule has 0 radical (unpaired) electrons. The normalized spacial score (nSPS) is 20.0. The number of quaternary nitrogens is 1. The summed E-state index contributed by atoms with van der Waals surface area (Å²) in [4.78, 5) is 38.0. The number of phosphoric acid groups is 1. The number of rotatable bonds is 43. The number of esters is 2. The Morgan fingerprint density at radius 3 is 1.85 bits per heavy atom. The molecule has 0 aromatic carbocycles. The first-order valence-corrected chi connectivity index (χ1v) is 27.6. The van der Waals surface area contributed by atoms with Crippen molar-refractivity contribution in [3.05, 3.63) is 36.5 Å². The molecule has 66 heavy (non-hydrogen) atoms. The van der Waals surface area contributed by atoms with Crippen LogP contribution in [0.15, 0.2) is 36.5 Å². The first-order chi connectivity index (χ1) is 31.7. The molecule has 0 spiro atoms. The van der Waals surface area contributed by atoms with Gasteiger partial charge in [-0.3, -0.25) is 14.2 Å². The lowest BCUT2D eigenvalue weighted by molar-refractivity contribution is -0.870. The molecule has 1 saturated heterocycles. The molecule has 13 nitrogen and oxygen atoms in total. The molecule has 0 amide bonds. The summed E-state index contributed by atoms with van der Waals surface area (Å²) < 4.78 is 39.7. The minimum Gasteiger partial charge on any atom is -0.756 e. The van der Waals surface area contributed by atoms with Crippen LogP contribution in [0.1, 0.15) is 200 Å². The van der Waals surface area contributed by atoms with Crippen molar-refractivity contribution in [1.82, 2.24) is 0 Å². The Kier molecular flexibility index (Phi) is 37.5. The summed E-state index contributed by atoms with van der Waals surface area (Å²) in [6.45, 7) is 3.82. The van der Waals surface area contributed by atoms with E-state index in [1.165, 1.54) is 96.3 Å². The maximum Gasteiger partial charge on any atom is 0.306 e. The average Bonchev–Trinajstić information content (AvgIpc) is 3.25. The summed E-state index contributed by atoms with van der Waals surface area (Å²) in [5, 5.41) is 31.1. The van der Waals surface area contributed by atoms with Crippen molar-refractivity contribution < 1.29 is 62.1 Å². The van der Waals surface area contributed by atoms with E-state index in [1.54, 1.807) is 12.2 Å². The summed E-state index contributed by atoms with van der Waals surface area (Å²) >= 11 is 0. The number of aliphatic hydroxyl groups is 3. The zero-order valence-electron chi connectivity index (χ0n) is 42.2. The highest BCUT2D eigenvalue weighted by atomic mass is 31.2. The Hall–Kier alpha value is -1.93. The number of hydrogen-bond acceptors (Lipinski definition) is 12. The van der Waals surface area contributed by atoms with Crippen LogP contribution >= 0.6 is 7.82 Å². The molecule has 1 aliphatic heterocycles. The van der Waals surface area contributed by atoms with Crippen molar-refractivity contribution >= 4 is 19.8 Å². The smallest absolute Gasteiger partial charge is 0.306 e. The van der Waals surface area contributed by atoms with Crippen LogP contribution in [0.4, 0.5) is 0 Å². The third-order valence-corrected chi connectivity index (χ3v) is 12.9.